The molecule has 0 fully saturated rings. The Morgan fingerprint density at radius 1 is 1.40 bits per heavy atom. The zero-order chi connectivity index (χ0) is 10.7. The molecule has 3 heteroatoms. The Morgan fingerprint density at radius 2 is 2.27 bits per heavy atom. The number of allylic oxidation sites excluding steroid dienone is 2. The van der Waals surface area contributed by atoms with Crippen LogP contribution in [0.25, 0.3) is 5.57 Å². The van der Waals surface area contributed by atoms with E-state index < -0.39 is 0 Å². The summed E-state index contributed by atoms with van der Waals surface area (Å²) in [4.78, 5) is 4.10. The topological polar surface area (TPSA) is 38.9 Å². The molecule has 2 nitrogen and oxygen atoms in total. The van der Waals surface area contributed by atoms with Gasteiger partial charge < -0.3 is 5.73 Å². The predicted octanol–water partition coefficient (Wildman–Crippen LogP) is 3.23. The molecule has 1 unspecified atom stereocenters. The molecule has 1 aromatic rings. The maximum Gasteiger partial charge on any atom is 0.130 e. The lowest BCUT2D eigenvalue weighted by molar-refractivity contribution is 0.724. The van der Waals surface area contributed by atoms with Crippen molar-refractivity contribution in [2.45, 2.75) is 31.1 Å². The maximum atomic E-state index is 6.18. The largest absolute Gasteiger partial charge is 0.383 e. The van der Waals surface area contributed by atoms with Gasteiger partial charge in [0.15, 0.2) is 0 Å². The highest BCUT2D eigenvalue weighted by molar-refractivity contribution is 6.22. The molecule has 0 bridgehead atoms. The van der Waals surface area contributed by atoms with Gasteiger partial charge >= 0.3 is 0 Å². The molecule has 1 aliphatic rings. The lowest BCUT2D eigenvalue weighted by atomic mass is 10.0. The Hall–Kier alpha value is -1.02. The SMILES string of the molecule is Nc1ncccc1C1=CC(Cl)CCCC1. The molecule has 0 saturated carbocycles. The number of rotatable bonds is 1. The quantitative estimate of drug-likeness (QED) is 0.741. The number of nitrogens with two attached hydrogens (primary N) is 1. The van der Waals surface area contributed by atoms with E-state index in [4.69, 9.17) is 17.3 Å². The van der Waals surface area contributed by atoms with E-state index >= 15 is 0 Å². The van der Waals surface area contributed by atoms with Gasteiger partial charge in [-0.1, -0.05) is 12.5 Å². The monoisotopic (exact) mass is 222 g/mol. The summed E-state index contributed by atoms with van der Waals surface area (Å²) in [5.41, 5.74) is 8.15. The summed E-state index contributed by atoms with van der Waals surface area (Å²) in [5.74, 6) is 0.606. The van der Waals surface area contributed by atoms with Crippen LogP contribution in [-0.2, 0) is 0 Å². The van der Waals surface area contributed by atoms with E-state index in [0.717, 1.165) is 18.4 Å². The van der Waals surface area contributed by atoms with E-state index in [0.29, 0.717) is 5.82 Å². The smallest absolute Gasteiger partial charge is 0.130 e. The van der Waals surface area contributed by atoms with Gasteiger partial charge in [0.05, 0.1) is 5.38 Å². The second-order valence-corrected chi connectivity index (χ2v) is 4.45. The molecule has 0 saturated heterocycles. The van der Waals surface area contributed by atoms with E-state index in [1.54, 1.807) is 6.20 Å². The molecule has 0 spiro atoms. The van der Waals surface area contributed by atoms with Crippen LogP contribution in [0.15, 0.2) is 24.4 Å². The van der Waals surface area contributed by atoms with Gasteiger partial charge in [-0.15, -0.1) is 11.6 Å². The summed E-state index contributed by atoms with van der Waals surface area (Å²) in [6.45, 7) is 0. The molecule has 15 heavy (non-hydrogen) atoms. The summed E-state index contributed by atoms with van der Waals surface area (Å²) in [6, 6.07) is 3.93. The number of nitrogen functional groups attached to an aromatic ring is 1. The van der Waals surface area contributed by atoms with Crippen molar-refractivity contribution in [2.75, 3.05) is 5.73 Å². The molecule has 80 valence electrons. The number of hydrogen-bond acceptors (Lipinski definition) is 2. The second-order valence-electron chi connectivity index (χ2n) is 3.89. The molecule has 0 amide bonds. The molecule has 1 aromatic heterocycles. The highest BCUT2D eigenvalue weighted by atomic mass is 35.5. The molecule has 2 rings (SSSR count). The second kappa shape index (κ2) is 4.67. The number of nitrogens with zero attached hydrogens (tertiary/aromatic N) is 1. The lowest BCUT2D eigenvalue weighted by Gasteiger charge is -2.08. The van der Waals surface area contributed by atoms with Gasteiger partial charge in [0, 0.05) is 11.8 Å². The van der Waals surface area contributed by atoms with Gasteiger partial charge in [-0.3, -0.25) is 0 Å². The number of halogens is 1. The van der Waals surface area contributed by atoms with Crippen molar-refractivity contribution in [1.29, 1.82) is 0 Å². The molecule has 0 radical (unpaired) electrons. The molecular formula is C12H15ClN2. The van der Waals surface area contributed by atoms with Crippen LogP contribution in [0.1, 0.15) is 31.2 Å². The first-order valence-corrected chi connectivity index (χ1v) is 5.76. The van der Waals surface area contributed by atoms with Crippen molar-refractivity contribution in [1.82, 2.24) is 4.98 Å². The summed E-state index contributed by atoms with van der Waals surface area (Å²) in [5, 5.41) is 0.141. The summed E-state index contributed by atoms with van der Waals surface area (Å²) in [6.07, 6.45) is 8.33. The van der Waals surface area contributed by atoms with E-state index in [1.807, 2.05) is 12.1 Å². The Bertz CT molecular complexity index is 374. The van der Waals surface area contributed by atoms with Crippen LogP contribution in [0.4, 0.5) is 5.82 Å². The predicted molar refractivity (Wildman–Crippen MR) is 64.7 cm³/mol. The summed E-state index contributed by atoms with van der Waals surface area (Å²) < 4.78 is 0. The van der Waals surface area contributed by atoms with Crippen LogP contribution in [0, 0.1) is 0 Å². The third-order valence-corrected chi connectivity index (χ3v) is 3.09. The van der Waals surface area contributed by atoms with Gasteiger partial charge in [0.25, 0.3) is 0 Å². The minimum atomic E-state index is 0.141. The maximum absolute atomic E-state index is 6.18. The van der Waals surface area contributed by atoms with Crippen LogP contribution >= 0.6 is 11.6 Å². The van der Waals surface area contributed by atoms with Crippen LogP contribution in [-0.4, -0.2) is 10.4 Å². The molecule has 0 aliphatic heterocycles. The van der Waals surface area contributed by atoms with Crippen LogP contribution in [0.5, 0.6) is 0 Å². The van der Waals surface area contributed by atoms with E-state index in [1.165, 1.54) is 18.4 Å². The first kappa shape index (κ1) is 10.5. The number of hydrogen-bond donors (Lipinski definition) is 1. The van der Waals surface area contributed by atoms with Gasteiger partial charge in [0.1, 0.15) is 5.82 Å². The third-order valence-electron chi connectivity index (χ3n) is 2.74. The number of aromatic nitrogens is 1. The van der Waals surface area contributed by atoms with Gasteiger partial charge in [0.2, 0.25) is 0 Å². The average molecular weight is 223 g/mol. The Labute approximate surface area is 95.2 Å². The van der Waals surface area contributed by atoms with Crippen molar-refractivity contribution in [3.05, 3.63) is 30.0 Å². The highest BCUT2D eigenvalue weighted by Gasteiger charge is 2.12. The lowest BCUT2D eigenvalue weighted by Crippen LogP contribution is -1.97. The molecular weight excluding hydrogens is 208 g/mol. The number of anilines is 1. The van der Waals surface area contributed by atoms with E-state index in [9.17, 15) is 0 Å². The third kappa shape index (κ3) is 2.51. The average Bonchev–Trinajstić information content (AvgIpc) is 2.43. The minimum absolute atomic E-state index is 0.141. The van der Waals surface area contributed by atoms with Crippen LogP contribution in [0.3, 0.4) is 0 Å². The fourth-order valence-corrected chi connectivity index (χ4v) is 2.26. The first-order chi connectivity index (χ1) is 7.27. The Morgan fingerprint density at radius 3 is 3.07 bits per heavy atom. The van der Waals surface area contributed by atoms with Crippen molar-refractivity contribution in [3.8, 4) is 0 Å². The van der Waals surface area contributed by atoms with Crippen LogP contribution in [0.2, 0.25) is 0 Å². The van der Waals surface area contributed by atoms with Gasteiger partial charge in [-0.05, 0) is 37.0 Å². The molecule has 1 aliphatic carbocycles. The zero-order valence-electron chi connectivity index (χ0n) is 8.62. The van der Waals surface area contributed by atoms with Crippen molar-refractivity contribution in [3.63, 3.8) is 0 Å². The fourth-order valence-electron chi connectivity index (χ4n) is 1.95. The van der Waals surface area contributed by atoms with E-state index in [2.05, 4.69) is 11.1 Å². The fraction of sp³-hybridized carbons (Fsp3) is 0.417. The normalized spacial score (nSPS) is 21.9. The molecule has 1 heterocycles. The Kier molecular flexibility index (Phi) is 3.27. The molecule has 2 N–H and O–H groups in total. The minimum Gasteiger partial charge on any atom is -0.383 e. The number of pyridine rings is 1. The first-order valence-electron chi connectivity index (χ1n) is 5.33. The summed E-state index contributed by atoms with van der Waals surface area (Å²) in [7, 11) is 0. The molecule has 0 aromatic carbocycles. The van der Waals surface area contributed by atoms with Gasteiger partial charge in [-0.2, -0.15) is 0 Å². The van der Waals surface area contributed by atoms with Crippen molar-refractivity contribution >= 4 is 23.0 Å². The Balaban J connectivity index is 2.33. The van der Waals surface area contributed by atoms with E-state index in [-0.39, 0.29) is 5.38 Å². The highest BCUT2D eigenvalue weighted by Crippen LogP contribution is 2.30. The van der Waals surface area contributed by atoms with Crippen LogP contribution < -0.4 is 5.73 Å². The van der Waals surface area contributed by atoms with Crippen molar-refractivity contribution in [2.24, 2.45) is 0 Å². The van der Waals surface area contributed by atoms with Gasteiger partial charge in [-0.25, -0.2) is 4.98 Å². The number of alkyl halides is 1. The summed E-state index contributed by atoms with van der Waals surface area (Å²) >= 11 is 6.18. The zero-order valence-corrected chi connectivity index (χ0v) is 9.37. The van der Waals surface area contributed by atoms with Crippen molar-refractivity contribution < 1.29 is 0 Å². The molecule has 1 atom stereocenters. The standard InChI is InChI=1S/C12H15ClN2/c13-10-5-2-1-4-9(8-10)11-6-3-7-15-12(11)14/h3,6-8,10H,1-2,4-5H2,(H2,14,15).